The largest absolute Gasteiger partial charge is 0.481 e. The van der Waals surface area contributed by atoms with Crippen molar-refractivity contribution < 1.29 is 9.90 Å². The standard InChI is InChI=1S/C31H56O2/c1-3-5-6-7-8-9-14-20-29(27-17-12-10-13-18-27)23-25-30(19-4-2,26-24-29)31(28(32)33)21-15-11-16-22-31/h27H,3-26H2,1-2H3,(H,32,33). The summed E-state index contributed by atoms with van der Waals surface area (Å²) in [5.74, 6) is 0.464. The third kappa shape index (κ3) is 6.19. The molecule has 3 fully saturated rings. The summed E-state index contributed by atoms with van der Waals surface area (Å²) in [6.07, 6.45) is 31.1. The molecule has 0 spiro atoms. The summed E-state index contributed by atoms with van der Waals surface area (Å²) in [4.78, 5) is 12.8. The van der Waals surface area contributed by atoms with Gasteiger partial charge in [0.1, 0.15) is 0 Å². The van der Waals surface area contributed by atoms with Crippen LogP contribution in [0.15, 0.2) is 0 Å². The van der Waals surface area contributed by atoms with Gasteiger partial charge in [-0.3, -0.25) is 4.79 Å². The zero-order valence-electron chi connectivity index (χ0n) is 22.4. The van der Waals surface area contributed by atoms with E-state index in [1.807, 2.05) is 0 Å². The van der Waals surface area contributed by atoms with Crippen LogP contribution in [0.4, 0.5) is 0 Å². The number of hydrogen-bond acceptors (Lipinski definition) is 1. The summed E-state index contributed by atoms with van der Waals surface area (Å²) in [7, 11) is 0. The van der Waals surface area contributed by atoms with Crippen molar-refractivity contribution >= 4 is 5.97 Å². The van der Waals surface area contributed by atoms with Crippen molar-refractivity contribution in [2.24, 2.45) is 22.2 Å². The average molecular weight is 461 g/mol. The fraction of sp³-hybridized carbons (Fsp3) is 0.968. The lowest BCUT2D eigenvalue weighted by atomic mass is 9.46. The zero-order chi connectivity index (χ0) is 23.6. The van der Waals surface area contributed by atoms with E-state index in [4.69, 9.17) is 0 Å². The summed E-state index contributed by atoms with van der Waals surface area (Å²) >= 11 is 0. The van der Waals surface area contributed by atoms with E-state index in [0.717, 1.165) is 44.4 Å². The zero-order valence-corrected chi connectivity index (χ0v) is 22.4. The second kappa shape index (κ2) is 13.0. The Labute approximate surface area is 206 Å². The third-order valence-electron chi connectivity index (χ3n) is 10.8. The van der Waals surface area contributed by atoms with Crippen LogP contribution in [-0.2, 0) is 4.79 Å². The first kappa shape index (κ1) is 27.1. The maximum atomic E-state index is 12.8. The van der Waals surface area contributed by atoms with Crippen LogP contribution in [0.1, 0.15) is 168 Å². The van der Waals surface area contributed by atoms with E-state index in [-0.39, 0.29) is 5.41 Å². The molecule has 0 aromatic rings. The van der Waals surface area contributed by atoms with Gasteiger partial charge in [-0.1, -0.05) is 104 Å². The highest BCUT2D eigenvalue weighted by Gasteiger charge is 2.58. The lowest BCUT2D eigenvalue weighted by Crippen LogP contribution is -2.53. The highest BCUT2D eigenvalue weighted by atomic mass is 16.4. The van der Waals surface area contributed by atoms with Crippen molar-refractivity contribution in [3.63, 3.8) is 0 Å². The predicted molar refractivity (Wildman–Crippen MR) is 141 cm³/mol. The fourth-order valence-corrected chi connectivity index (χ4v) is 8.81. The molecule has 2 heteroatoms. The van der Waals surface area contributed by atoms with Gasteiger partial charge in [0.05, 0.1) is 5.41 Å². The van der Waals surface area contributed by atoms with Gasteiger partial charge in [0.25, 0.3) is 0 Å². The first-order valence-electron chi connectivity index (χ1n) is 15.3. The Hall–Kier alpha value is -0.530. The van der Waals surface area contributed by atoms with Crippen LogP contribution >= 0.6 is 0 Å². The maximum Gasteiger partial charge on any atom is 0.310 e. The molecule has 0 unspecified atom stereocenters. The fourth-order valence-electron chi connectivity index (χ4n) is 8.81. The number of carboxylic acids is 1. The topological polar surface area (TPSA) is 37.3 Å². The Kier molecular flexibility index (Phi) is 10.6. The molecular formula is C31H56O2. The van der Waals surface area contributed by atoms with Crippen LogP contribution in [0.3, 0.4) is 0 Å². The maximum absolute atomic E-state index is 12.8. The second-order valence-electron chi connectivity index (χ2n) is 12.5. The van der Waals surface area contributed by atoms with Gasteiger partial charge in [0.2, 0.25) is 0 Å². The van der Waals surface area contributed by atoms with Gasteiger partial charge < -0.3 is 5.11 Å². The molecule has 0 bridgehead atoms. The molecule has 0 aromatic heterocycles. The Bertz CT molecular complexity index is 559. The highest BCUT2D eigenvalue weighted by molar-refractivity contribution is 5.76. The van der Waals surface area contributed by atoms with Crippen LogP contribution in [-0.4, -0.2) is 11.1 Å². The molecule has 0 radical (unpaired) electrons. The minimum absolute atomic E-state index is 0.0618. The molecule has 1 N–H and O–H groups in total. The van der Waals surface area contributed by atoms with Gasteiger partial charge in [0.15, 0.2) is 0 Å². The Morgan fingerprint density at radius 3 is 1.82 bits per heavy atom. The van der Waals surface area contributed by atoms with Crippen LogP contribution in [0.2, 0.25) is 0 Å². The van der Waals surface area contributed by atoms with Crippen molar-refractivity contribution in [3.8, 4) is 0 Å². The molecule has 0 aliphatic heterocycles. The summed E-state index contributed by atoms with van der Waals surface area (Å²) in [5, 5.41) is 10.6. The molecule has 0 atom stereocenters. The van der Waals surface area contributed by atoms with Gasteiger partial charge in [-0.2, -0.15) is 0 Å². The van der Waals surface area contributed by atoms with Gasteiger partial charge in [-0.05, 0) is 81.0 Å². The van der Waals surface area contributed by atoms with Crippen molar-refractivity contribution in [1.29, 1.82) is 0 Å². The van der Waals surface area contributed by atoms with Crippen LogP contribution in [0.25, 0.3) is 0 Å². The molecule has 192 valence electrons. The molecule has 0 amide bonds. The molecular weight excluding hydrogens is 404 g/mol. The highest BCUT2D eigenvalue weighted by Crippen LogP contribution is 2.64. The predicted octanol–water partition coefficient (Wildman–Crippen LogP) is 10.1. The number of unbranched alkanes of at least 4 members (excludes halogenated alkanes) is 6. The van der Waals surface area contributed by atoms with Crippen molar-refractivity contribution in [2.45, 2.75) is 168 Å². The van der Waals surface area contributed by atoms with Crippen LogP contribution in [0, 0.1) is 22.2 Å². The average Bonchev–Trinajstić information content (AvgIpc) is 2.85. The molecule has 0 aromatic carbocycles. The molecule has 33 heavy (non-hydrogen) atoms. The van der Waals surface area contributed by atoms with E-state index in [1.165, 1.54) is 116 Å². The minimum atomic E-state index is -0.451. The monoisotopic (exact) mass is 460 g/mol. The molecule has 2 nitrogen and oxygen atoms in total. The molecule has 3 aliphatic carbocycles. The first-order chi connectivity index (χ1) is 16.0. The van der Waals surface area contributed by atoms with Crippen LogP contribution < -0.4 is 0 Å². The van der Waals surface area contributed by atoms with Crippen molar-refractivity contribution in [2.75, 3.05) is 0 Å². The molecule has 3 saturated carbocycles. The lowest BCUT2D eigenvalue weighted by Gasteiger charge is -2.58. The van der Waals surface area contributed by atoms with E-state index in [2.05, 4.69) is 13.8 Å². The number of carboxylic acid groups (broad SMARTS) is 1. The van der Waals surface area contributed by atoms with E-state index in [9.17, 15) is 9.90 Å². The van der Waals surface area contributed by atoms with Gasteiger partial charge in [0, 0.05) is 0 Å². The number of carbonyl (C=O) groups is 1. The molecule has 3 aliphatic rings. The number of rotatable bonds is 13. The quantitative estimate of drug-likeness (QED) is 0.277. The summed E-state index contributed by atoms with van der Waals surface area (Å²) in [6.45, 7) is 4.60. The number of aliphatic carboxylic acids is 1. The molecule has 3 rings (SSSR count). The summed E-state index contributed by atoms with van der Waals surface area (Å²) in [5.41, 5.74) is 0.154. The normalized spacial score (nSPS) is 30.8. The Morgan fingerprint density at radius 1 is 0.667 bits per heavy atom. The first-order valence-corrected chi connectivity index (χ1v) is 15.3. The van der Waals surface area contributed by atoms with E-state index in [1.54, 1.807) is 0 Å². The summed E-state index contributed by atoms with van der Waals surface area (Å²) < 4.78 is 0. The summed E-state index contributed by atoms with van der Waals surface area (Å²) in [6, 6.07) is 0. The minimum Gasteiger partial charge on any atom is -0.481 e. The molecule has 0 saturated heterocycles. The van der Waals surface area contributed by atoms with Gasteiger partial charge in [-0.25, -0.2) is 0 Å². The van der Waals surface area contributed by atoms with E-state index in [0.29, 0.717) is 5.41 Å². The Morgan fingerprint density at radius 2 is 1.24 bits per heavy atom. The molecule has 0 heterocycles. The third-order valence-corrected chi connectivity index (χ3v) is 10.8. The van der Waals surface area contributed by atoms with E-state index >= 15 is 0 Å². The Balaban J connectivity index is 1.71. The SMILES string of the molecule is CCCCCCCCCC1(C2CCCCC2)CCC(CCC)(C2(C(=O)O)CCCCC2)CC1. The van der Waals surface area contributed by atoms with Crippen molar-refractivity contribution in [1.82, 2.24) is 0 Å². The van der Waals surface area contributed by atoms with Crippen LogP contribution in [0.5, 0.6) is 0 Å². The van der Waals surface area contributed by atoms with E-state index < -0.39 is 11.4 Å². The second-order valence-corrected chi connectivity index (χ2v) is 12.5. The number of hydrogen-bond donors (Lipinski definition) is 1. The smallest absolute Gasteiger partial charge is 0.310 e. The lowest BCUT2D eigenvalue weighted by molar-refractivity contribution is -0.171. The van der Waals surface area contributed by atoms with Gasteiger partial charge in [-0.15, -0.1) is 0 Å². The van der Waals surface area contributed by atoms with Crippen molar-refractivity contribution in [3.05, 3.63) is 0 Å². The van der Waals surface area contributed by atoms with Gasteiger partial charge >= 0.3 is 5.97 Å².